The maximum Gasteiger partial charge on any atom is 0.262 e. The van der Waals surface area contributed by atoms with Crippen LogP contribution in [0.3, 0.4) is 0 Å². The molecule has 1 aliphatic rings. The quantitative estimate of drug-likeness (QED) is 0.599. The van der Waals surface area contributed by atoms with Gasteiger partial charge < -0.3 is 19.9 Å². The van der Waals surface area contributed by atoms with Crippen molar-refractivity contribution in [2.24, 2.45) is 0 Å². The van der Waals surface area contributed by atoms with Gasteiger partial charge in [0.2, 0.25) is 0 Å². The first kappa shape index (κ1) is 21.3. The summed E-state index contributed by atoms with van der Waals surface area (Å²) in [4.78, 5) is 22.9. The molecule has 0 spiro atoms. The first-order valence-corrected chi connectivity index (χ1v) is 11.4. The lowest BCUT2D eigenvalue weighted by atomic mass is 10.1. The van der Waals surface area contributed by atoms with Crippen molar-refractivity contribution in [2.75, 3.05) is 43.5 Å². The molecule has 0 radical (unpaired) electrons. The second-order valence-corrected chi connectivity index (χ2v) is 8.71. The van der Waals surface area contributed by atoms with Gasteiger partial charge in [-0.3, -0.25) is 9.78 Å². The summed E-state index contributed by atoms with van der Waals surface area (Å²) in [6, 6.07) is 14.0. The molecule has 1 aromatic carbocycles. The number of nitrogens with zero attached hydrogens (tertiary/aromatic N) is 3. The molecule has 0 saturated heterocycles. The van der Waals surface area contributed by atoms with Crippen molar-refractivity contribution in [3.05, 3.63) is 70.2 Å². The second kappa shape index (κ2) is 9.49. The van der Waals surface area contributed by atoms with Gasteiger partial charge in [-0.1, -0.05) is 12.1 Å². The third-order valence-corrected chi connectivity index (χ3v) is 6.45. The summed E-state index contributed by atoms with van der Waals surface area (Å²) in [5.41, 5.74) is 3.30. The Bertz CT molecular complexity index is 1040. The van der Waals surface area contributed by atoms with E-state index in [1.807, 2.05) is 62.3 Å². The summed E-state index contributed by atoms with van der Waals surface area (Å²) >= 11 is 1.70. The first-order valence-electron chi connectivity index (χ1n) is 10.5. The van der Waals surface area contributed by atoms with Crippen LogP contribution in [0.4, 0.5) is 11.4 Å². The fourth-order valence-electron chi connectivity index (χ4n) is 3.79. The van der Waals surface area contributed by atoms with Crippen LogP contribution in [0, 0.1) is 6.92 Å². The number of carbonyl (C=O) groups is 1. The van der Waals surface area contributed by atoms with Crippen LogP contribution in [0.1, 0.15) is 33.5 Å². The molecule has 0 aliphatic carbocycles. The molecule has 1 aliphatic heterocycles. The molecular weight excluding hydrogens is 408 g/mol. The number of anilines is 2. The molecule has 3 aromatic rings. The van der Waals surface area contributed by atoms with Crippen molar-refractivity contribution < 1.29 is 9.53 Å². The highest BCUT2D eigenvalue weighted by Gasteiger charge is 2.27. The Labute approximate surface area is 187 Å². The van der Waals surface area contributed by atoms with Gasteiger partial charge in [-0.05, 0) is 50.2 Å². The number of pyridine rings is 1. The molecule has 3 heterocycles. The SMILES string of the molecule is CNCC[C@H](Oc1cccc(N2CCN(C)c3cc(C)ncc3C2=O)c1)c1cccs1. The number of rotatable bonds is 7. The molecule has 0 unspecified atom stereocenters. The summed E-state index contributed by atoms with van der Waals surface area (Å²) in [6.45, 7) is 4.15. The molecule has 162 valence electrons. The molecule has 0 bridgehead atoms. The van der Waals surface area contributed by atoms with Gasteiger partial charge in [0.15, 0.2) is 0 Å². The minimum Gasteiger partial charge on any atom is -0.485 e. The van der Waals surface area contributed by atoms with E-state index in [0.717, 1.165) is 42.3 Å². The van der Waals surface area contributed by atoms with Crippen LogP contribution in [-0.2, 0) is 0 Å². The van der Waals surface area contributed by atoms with Gasteiger partial charge in [-0.2, -0.15) is 0 Å². The number of ether oxygens (including phenoxy) is 1. The van der Waals surface area contributed by atoms with Crippen molar-refractivity contribution in [1.82, 2.24) is 10.3 Å². The van der Waals surface area contributed by atoms with Gasteiger partial charge in [-0.25, -0.2) is 0 Å². The molecule has 2 aromatic heterocycles. The highest BCUT2D eigenvalue weighted by atomic mass is 32.1. The summed E-state index contributed by atoms with van der Waals surface area (Å²) in [5.74, 6) is 0.730. The highest BCUT2D eigenvalue weighted by Crippen LogP contribution is 2.32. The number of benzene rings is 1. The van der Waals surface area contributed by atoms with E-state index in [-0.39, 0.29) is 12.0 Å². The molecular formula is C24H28N4O2S. The lowest BCUT2D eigenvalue weighted by molar-refractivity contribution is 0.0990. The number of nitrogens with one attached hydrogen (secondary N) is 1. The fourth-order valence-corrected chi connectivity index (χ4v) is 4.58. The molecule has 31 heavy (non-hydrogen) atoms. The molecule has 0 saturated carbocycles. The Kier molecular flexibility index (Phi) is 6.53. The Morgan fingerprint density at radius 1 is 1.23 bits per heavy atom. The van der Waals surface area contributed by atoms with Gasteiger partial charge in [0.1, 0.15) is 11.9 Å². The number of hydrogen-bond donors (Lipinski definition) is 1. The Balaban J connectivity index is 1.60. The predicted octanol–water partition coefficient (Wildman–Crippen LogP) is 4.28. The molecule has 1 atom stereocenters. The Morgan fingerprint density at radius 2 is 2.10 bits per heavy atom. The van der Waals surface area contributed by atoms with Crippen LogP contribution >= 0.6 is 11.3 Å². The summed E-state index contributed by atoms with van der Waals surface area (Å²) < 4.78 is 6.37. The van der Waals surface area contributed by atoms with E-state index >= 15 is 0 Å². The number of carbonyl (C=O) groups excluding carboxylic acids is 1. The number of fused-ring (bicyclic) bond motifs is 1. The van der Waals surface area contributed by atoms with Crippen molar-refractivity contribution in [3.63, 3.8) is 0 Å². The van der Waals surface area contributed by atoms with Crippen molar-refractivity contribution >= 4 is 28.6 Å². The fraction of sp³-hybridized carbons (Fsp3) is 0.333. The topological polar surface area (TPSA) is 57.7 Å². The number of amides is 1. The van der Waals surface area contributed by atoms with E-state index in [0.29, 0.717) is 12.1 Å². The first-order chi connectivity index (χ1) is 15.1. The summed E-state index contributed by atoms with van der Waals surface area (Å²) in [5, 5.41) is 5.27. The molecule has 1 amide bonds. The summed E-state index contributed by atoms with van der Waals surface area (Å²) in [6.07, 6.45) is 2.53. The van der Waals surface area contributed by atoms with Gasteiger partial charge in [-0.15, -0.1) is 11.3 Å². The van der Waals surface area contributed by atoms with E-state index in [1.165, 1.54) is 4.88 Å². The molecule has 6 nitrogen and oxygen atoms in total. The van der Waals surface area contributed by atoms with E-state index in [1.54, 1.807) is 17.5 Å². The lowest BCUT2D eigenvalue weighted by Gasteiger charge is -2.23. The van der Waals surface area contributed by atoms with Crippen LogP contribution in [0.25, 0.3) is 0 Å². The van der Waals surface area contributed by atoms with Gasteiger partial charge in [0.25, 0.3) is 5.91 Å². The normalized spacial score (nSPS) is 14.9. The largest absolute Gasteiger partial charge is 0.485 e. The summed E-state index contributed by atoms with van der Waals surface area (Å²) in [7, 11) is 3.96. The second-order valence-electron chi connectivity index (χ2n) is 7.73. The zero-order chi connectivity index (χ0) is 21.8. The monoisotopic (exact) mass is 436 g/mol. The number of hydrogen-bond acceptors (Lipinski definition) is 6. The van der Waals surface area contributed by atoms with Gasteiger partial charge in [0, 0.05) is 55.1 Å². The molecule has 0 fully saturated rings. The smallest absolute Gasteiger partial charge is 0.262 e. The zero-order valence-electron chi connectivity index (χ0n) is 18.2. The predicted molar refractivity (Wildman–Crippen MR) is 127 cm³/mol. The maximum absolute atomic E-state index is 13.4. The maximum atomic E-state index is 13.4. The van der Waals surface area contributed by atoms with Crippen LogP contribution in [0.2, 0.25) is 0 Å². The average Bonchev–Trinajstić information content (AvgIpc) is 3.28. The number of likely N-dealkylation sites (N-methyl/N-ethyl adjacent to an activating group) is 1. The molecule has 1 N–H and O–H groups in total. The van der Waals surface area contributed by atoms with E-state index in [4.69, 9.17) is 4.74 Å². The van der Waals surface area contributed by atoms with Crippen LogP contribution in [0.15, 0.2) is 54.0 Å². The Hall–Kier alpha value is -2.90. The molecule has 4 rings (SSSR count). The van der Waals surface area contributed by atoms with E-state index in [9.17, 15) is 4.79 Å². The number of aromatic nitrogens is 1. The lowest BCUT2D eigenvalue weighted by Crippen LogP contribution is -2.33. The van der Waals surface area contributed by atoms with Gasteiger partial charge >= 0.3 is 0 Å². The van der Waals surface area contributed by atoms with E-state index < -0.39 is 0 Å². The van der Waals surface area contributed by atoms with Crippen molar-refractivity contribution in [1.29, 1.82) is 0 Å². The van der Waals surface area contributed by atoms with Crippen LogP contribution in [0.5, 0.6) is 5.75 Å². The zero-order valence-corrected chi connectivity index (χ0v) is 19.0. The standard InChI is InChI=1S/C24H28N4O2S/c1-17-14-21-20(16-26-17)24(29)28(12-11-27(21)3)18-6-4-7-19(15-18)30-22(9-10-25-2)23-8-5-13-31-23/h4-8,13-16,22,25H,9-12H2,1-3H3/t22-/m0/s1. The minimum absolute atomic E-state index is 0.0263. The molecule has 7 heteroatoms. The highest BCUT2D eigenvalue weighted by molar-refractivity contribution is 7.10. The van der Waals surface area contributed by atoms with E-state index in [2.05, 4.69) is 26.6 Å². The average molecular weight is 437 g/mol. The number of thiophene rings is 1. The van der Waals surface area contributed by atoms with Crippen molar-refractivity contribution in [2.45, 2.75) is 19.4 Å². The van der Waals surface area contributed by atoms with Crippen LogP contribution in [-0.4, -0.2) is 44.6 Å². The van der Waals surface area contributed by atoms with Gasteiger partial charge in [0.05, 0.1) is 11.3 Å². The van der Waals surface area contributed by atoms with Crippen LogP contribution < -0.4 is 19.9 Å². The minimum atomic E-state index is -0.0333. The third kappa shape index (κ3) is 4.73. The van der Waals surface area contributed by atoms with Crippen molar-refractivity contribution in [3.8, 4) is 5.75 Å². The number of aryl methyl sites for hydroxylation is 1. The Morgan fingerprint density at radius 3 is 2.87 bits per heavy atom. The third-order valence-electron chi connectivity index (χ3n) is 5.49.